The van der Waals surface area contributed by atoms with Crippen molar-refractivity contribution >= 4 is 17.4 Å². The van der Waals surface area contributed by atoms with E-state index in [4.69, 9.17) is 19.9 Å². The van der Waals surface area contributed by atoms with Crippen molar-refractivity contribution in [3.63, 3.8) is 0 Å². The number of nitrogens with two attached hydrogens (primary N) is 1. The summed E-state index contributed by atoms with van der Waals surface area (Å²) >= 11 is 1.59. The van der Waals surface area contributed by atoms with E-state index >= 15 is 0 Å². The van der Waals surface area contributed by atoms with Gasteiger partial charge in [0.1, 0.15) is 19.0 Å². The lowest BCUT2D eigenvalue weighted by atomic mass is 10.2. The van der Waals surface area contributed by atoms with Crippen LogP contribution in [0.15, 0.2) is 46.2 Å². The van der Waals surface area contributed by atoms with E-state index in [9.17, 15) is 0 Å². The Bertz CT molecular complexity index is 613. The zero-order valence-corrected chi connectivity index (χ0v) is 11.9. The summed E-state index contributed by atoms with van der Waals surface area (Å²) in [5.41, 5.74) is 6.76. The second-order valence-electron chi connectivity index (χ2n) is 4.31. The molecule has 0 spiro atoms. The van der Waals surface area contributed by atoms with E-state index in [1.165, 1.54) is 0 Å². The Morgan fingerprint density at radius 2 is 1.70 bits per heavy atom. The summed E-state index contributed by atoms with van der Waals surface area (Å²) in [6, 6.07) is 11.6. The quantitative estimate of drug-likeness (QED) is 0.879. The molecule has 4 nitrogen and oxygen atoms in total. The Kier molecular flexibility index (Phi) is 3.60. The summed E-state index contributed by atoms with van der Waals surface area (Å²) in [7, 11) is 1.65. The van der Waals surface area contributed by atoms with Crippen LogP contribution in [0.4, 0.5) is 5.69 Å². The van der Waals surface area contributed by atoms with Gasteiger partial charge in [0, 0.05) is 27.6 Å². The normalized spacial score (nSPS) is 13.1. The van der Waals surface area contributed by atoms with Gasteiger partial charge in [-0.1, -0.05) is 11.8 Å². The summed E-state index contributed by atoms with van der Waals surface area (Å²) in [4.78, 5) is 2.05. The van der Waals surface area contributed by atoms with Gasteiger partial charge in [-0.3, -0.25) is 0 Å². The van der Waals surface area contributed by atoms with E-state index in [1.54, 1.807) is 18.9 Å². The van der Waals surface area contributed by atoms with Crippen LogP contribution in [-0.2, 0) is 0 Å². The fraction of sp³-hybridized carbons (Fsp3) is 0.200. The third-order valence-electron chi connectivity index (χ3n) is 2.96. The van der Waals surface area contributed by atoms with E-state index < -0.39 is 0 Å². The molecule has 1 aliphatic heterocycles. The predicted molar refractivity (Wildman–Crippen MR) is 79.0 cm³/mol. The van der Waals surface area contributed by atoms with E-state index in [2.05, 4.69) is 0 Å². The zero-order chi connectivity index (χ0) is 13.9. The predicted octanol–water partition coefficient (Wildman–Crippen LogP) is 3.20. The Labute approximate surface area is 121 Å². The van der Waals surface area contributed by atoms with Crippen LogP contribution in [-0.4, -0.2) is 20.3 Å². The Morgan fingerprint density at radius 3 is 2.35 bits per heavy atom. The molecule has 0 amide bonds. The molecule has 0 radical (unpaired) electrons. The van der Waals surface area contributed by atoms with Gasteiger partial charge in [0.25, 0.3) is 0 Å². The van der Waals surface area contributed by atoms with Crippen molar-refractivity contribution in [3.8, 4) is 17.2 Å². The van der Waals surface area contributed by atoms with Crippen molar-refractivity contribution in [2.75, 3.05) is 26.1 Å². The average Bonchev–Trinajstić information content (AvgIpc) is 2.49. The van der Waals surface area contributed by atoms with Crippen molar-refractivity contribution in [2.45, 2.75) is 9.79 Å². The van der Waals surface area contributed by atoms with E-state index in [-0.39, 0.29) is 0 Å². The third-order valence-corrected chi connectivity index (χ3v) is 4.04. The lowest BCUT2D eigenvalue weighted by Gasteiger charge is -2.20. The van der Waals surface area contributed by atoms with Crippen LogP contribution < -0.4 is 19.9 Å². The van der Waals surface area contributed by atoms with Crippen LogP contribution in [0, 0.1) is 0 Å². The molecule has 0 aliphatic carbocycles. The molecule has 5 heteroatoms. The molecule has 0 atom stereocenters. The molecule has 0 bridgehead atoms. The summed E-state index contributed by atoms with van der Waals surface area (Å²) in [5, 5.41) is 0. The molecule has 0 fully saturated rings. The number of rotatable bonds is 3. The van der Waals surface area contributed by atoms with Crippen LogP contribution in [0.1, 0.15) is 0 Å². The summed E-state index contributed by atoms with van der Waals surface area (Å²) in [5.74, 6) is 2.30. The lowest BCUT2D eigenvalue weighted by molar-refractivity contribution is 0.171. The number of hydrogen-bond acceptors (Lipinski definition) is 5. The molecule has 20 heavy (non-hydrogen) atoms. The fourth-order valence-corrected chi connectivity index (χ4v) is 2.81. The first-order valence-corrected chi connectivity index (χ1v) is 7.09. The maximum Gasteiger partial charge on any atom is 0.163 e. The first-order valence-electron chi connectivity index (χ1n) is 6.27. The molecule has 3 rings (SSSR count). The second kappa shape index (κ2) is 5.54. The number of methoxy groups -OCH3 is 1. The van der Waals surface area contributed by atoms with Crippen LogP contribution in [0.5, 0.6) is 17.2 Å². The van der Waals surface area contributed by atoms with E-state index in [0.29, 0.717) is 24.7 Å². The molecule has 0 saturated heterocycles. The average molecular weight is 289 g/mol. The monoisotopic (exact) mass is 289 g/mol. The molecule has 2 aromatic carbocycles. The van der Waals surface area contributed by atoms with Crippen LogP contribution in [0.2, 0.25) is 0 Å². The minimum Gasteiger partial charge on any atom is -0.497 e. The smallest absolute Gasteiger partial charge is 0.163 e. The third kappa shape index (κ3) is 2.63. The molecule has 0 aromatic heterocycles. The molecule has 104 valence electrons. The van der Waals surface area contributed by atoms with Crippen molar-refractivity contribution in [1.82, 2.24) is 0 Å². The van der Waals surface area contributed by atoms with Crippen LogP contribution in [0.25, 0.3) is 0 Å². The van der Waals surface area contributed by atoms with Gasteiger partial charge in [0.2, 0.25) is 0 Å². The first kappa shape index (κ1) is 13.0. The van der Waals surface area contributed by atoms with Crippen LogP contribution in [0.3, 0.4) is 0 Å². The largest absolute Gasteiger partial charge is 0.497 e. The first-order chi connectivity index (χ1) is 9.76. The van der Waals surface area contributed by atoms with Crippen molar-refractivity contribution in [1.29, 1.82) is 0 Å². The number of ether oxygens (including phenoxy) is 3. The molecule has 1 aliphatic rings. The minimum atomic E-state index is 0.567. The molecular formula is C15H15NO3S. The Hall–Kier alpha value is -2.01. The van der Waals surface area contributed by atoms with Gasteiger partial charge in [-0.25, -0.2) is 0 Å². The number of nitrogen functional groups attached to an aromatic ring is 1. The highest BCUT2D eigenvalue weighted by atomic mass is 32.2. The highest BCUT2D eigenvalue weighted by molar-refractivity contribution is 7.99. The van der Waals surface area contributed by atoms with Gasteiger partial charge >= 0.3 is 0 Å². The summed E-state index contributed by atoms with van der Waals surface area (Å²) < 4.78 is 16.2. The summed E-state index contributed by atoms with van der Waals surface area (Å²) in [6.07, 6.45) is 0. The lowest BCUT2D eigenvalue weighted by Crippen LogP contribution is -2.15. The second-order valence-corrected chi connectivity index (χ2v) is 5.43. The van der Waals surface area contributed by atoms with Gasteiger partial charge in [0.15, 0.2) is 11.5 Å². The number of hydrogen-bond donors (Lipinski definition) is 1. The molecule has 2 aromatic rings. The Morgan fingerprint density at radius 1 is 1.05 bits per heavy atom. The van der Waals surface area contributed by atoms with Crippen molar-refractivity contribution < 1.29 is 14.2 Å². The molecule has 0 saturated carbocycles. The van der Waals surface area contributed by atoms with E-state index in [0.717, 1.165) is 21.3 Å². The SMILES string of the molecule is COc1ccc(Sc2cc3c(cc2N)OCCO3)cc1. The highest BCUT2D eigenvalue weighted by Gasteiger charge is 2.15. The number of benzene rings is 2. The summed E-state index contributed by atoms with van der Waals surface area (Å²) in [6.45, 7) is 1.14. The maximum absolute atomic E-state index is 6.07. The van der Waals surface area contributed by atoms with Crippen LogP contribution >= 0.6 is 11.8 Å². The molecule has 0 unspecified atom stereocenters. The number of fused-ring (bicyclic) bond motifs is 1. The van der Waals surface area contributed by atoms with Gasteiger partial charge in [-0.05, 0) is 24.3 Å². The van der Waals surface area contributed by atoms with E-state index in [1.807, 2.05) is 36.4 Å². The maximum atomic E-state index is 6.07. The highest BCUT2D eigenvalue weighted by Crippen LogP contribution is 2.41. The van der Waals surface area contributed by atoms with Crippen molar-refractivity contribution in [3.05, 3.63) is 36.4 Å². The molecular weight excluding hydrogens is 274 g/mol. The molecule has 1 heterocycles. The topological polar surface area (TPSA) is 53.7 Å². The van der Waals surface area contributed by atoms with Crippen molar-refractivity contribution in [2.24, 2.45) is 0 Å². The van der Waals surface area contributed by atoms with Gasteiger partial charge < -0.3 is 19.9 Å². The fourth-order valence-electron chi connectivity index (χ4n) is 1.94. The number of anilines is 1. The van der Waals surface area contributed by atoms with Gasteiger partial charge in [0.05, 0.1) is 7.11 Å². The van der Waals surface area contributed by atoms with Gasteiger partial charge in [-0.2, -0.15) is 0 Å². The zero-order valence-electron chi connectivity index (χ0n) is 11.1. The van der Waals surface area contributed by atoms with Gasteiger partial charge in [-0.15, -0.1) is 0 Å². The Balaban J connectivity index is 1.86. The standard InChI is InChI=1S/C15H15NO3S/c1-17-10-2-4-11(5-3-10)20-15-9-14-13(8-12(15)16)18-6-7-19-14/h2-5,8-9H,6-7,16H2,1H3. The minimum absolute atomic E-state index is 0.567. The molecule has 2 N–H and O–H groups in total.